The predicted octanol–water partition coefficient (Wildman–Crippen LogP) is 1.97. The number of rotatable bonds is 7. The van der Waals surface area contributed by atoms with Gasteiger partial charge < -0.3 is 20.8 Å². The van der Waals surface area contributed by atoms with Crippen molar-refractivity contribution in [2.24, 2.45) is 12.8 Å². The van der Waals surface area contributed by atoms with Crippen molar-refractivity contribution >= 4 is 40.7 Å². The van der Waals surface area contributed by atoms with Gasteiger partial charge in [0.25, 0.3) is 5.56 Å². The monoisotopic (exact) mass is 566 g/mol. The van der Waals surface area contributed by atoms with E-state index < -0.39 is 23.2 Å². The fourth-order valence-electron chi connectivity index (χ4n) is 5.09. The van der Waals surface area contributed by atoms with Crippen molar-refractivity contribution in [1.82, 2.24) is 18.7 Å². The van der Waals surface area contributed by atoms with Gasteiger partial charge in [0.15, 0.2) is 11.2 Å². The van der Waals surface area contributed by atoms with E-state index in [1.165, 1.54) is 23.7 Å². The predicted molar refractivity (Wildman–Crippen MR) is 149 cm³/mol. The maximum atomic E-state index is 14.0. The fourth-order valence-corrected chi connectivity index (χ4v) is 5.29. The molecule has 2 aromatic carbocycles. The standard InChI is InChI=1S/C27H27ClN6O6/c1-31-22-21(23(35)34(27(31)40)12-15-9-17(24(36)37)11-18(10-15)25(38)39)33(13-16-5-2-3-7-20(16)28)26(30-22)32-8-4-6-19(29)14-32/h2-3,5,7,9-11,19H,4,6,8,12-14,29H2,1H3,(H,36,37)(H,38,39)/t19-/m1/s1. The molecule has 12 nitrogen and oxygen atoms in total. The van der Waals surface area contributed by atoms with Crippen LogP contribution in [0.5, 0.6) is 0 Å². The minimum Gasteiger partial charge on any atom is -0.478 e. The number of halogens is 1. The molecular formula is C27H27ClN6O6. The molecule has 208 valence electrons. The topological polar surface area (TPSA) is 166 Å². The molecule has 13 heteroatoms. The summed E-state index contributed by atoms with van der Waals surface area (Å²) in [7, 11) is 1.50. The van der Waals surface area contributed by atoms with Crippen LogP contribution in [0.25, 0.3) is 11.2 Å². The Morgan fingerprint density at radius 1 is 1.05 bits per heavy atom. The average molecular weight is 567 g/mol. The van der Waals surface area contributed by atoms with Crippen molar-refractivity contribution in [3.05, 3.63) is 90.6 Å². The number of hydrogen-bond donors (Lipinski definition) is 3. The Balaban J connectivity index is 1.72. The second kappa shape index (κ2) is 10.6. The van der Waals surface area contributed by atoms with Gasteiger partial charge in [-0.15, -0.1) is 0 Å². The maximum Gasteiger partial charge on any atom is 0.335 e. The Morgan fingerprint density at radius 3 is 2.35 bits per heavy atom. The second-order valence-corrected chi connectivity index (χ2v) is 10.3. The highest BCUT2D eigenvalue weighted by molar-refractivity contribution is 6.31. The lowest BCUT2D eigenvalue weighted by atomic mass is 10.1. The average Bonchev–Trinajstić information content (AvgIpc) is 3.30. The van der Waals surface area contributed by atoms with Gasteiger partial charge in [-0.25, -0.2) is 14.4 Å². The zero-order valence-corrected chi connectivity index (χ0v) is 22.3. The zero-order valence-electron chi connectivity index (χ0n) is 21.6. The number of nitrogens with two attached hydrogens (primary N) is 1. The summed E-state index contributed by atoms with van der Waals surface area (Å²) in [4.78, 5) is 57.3. The van der Waals surface area contributed by atoms with Gasteiger partial charge in [-0.2, -0.15) is 4.98 Å². The molecule has 4 aromatic rings. The van der Waals surface area contributed by atoms with Crippen LogP contribution in [0, 0.1) is 0 Å². The van der Waals surface area contributed by atoms with E-state index in [2.05, 4.69) is 0 Å². The number of anilines is 1. The van der Waals surface area contributed by atoms with Crippen LogP contribution in [0.3, 0.4) is 0 Å². The highest BCUT2D eigenvalue weighted by atomic mass is 35.5. The molecule has 0 aliphatic carbocycles. The van der Waals surface area contributed by atoms with Gasteiger partial charge in [0.2, 0.25) is 5.95 Å². The van der Waals surface area contributed by atoms with Gasteiger partial charge in [0, 0.05) is 31.2 Å². The number of piperidine rings is 1. The minimum absolute atomic E-state index is 0.0762. The summed E-state index contributed by atoms with van der Waals surface area (Å²) in [6, 6.07) is 10.6. The Hall–Kier alpha value is -4.42. The first-order valence-electron chi connectivity index (χ1n) is 12.6. The Morgan fingerprint density at radius 2 is 1.73 bits per heavy atom. The lowest BCUT2D eigenvalue weighted by Crippen LogP contribution is -2.44. The number of aromatic carboxylic acids is 2. The van der Waals surface area contributed by atoms with Crippen molar-refractivity contribution in [2.45, 2.75) is 32.0 Å². The molecule has 1 atom stereocenters. The van der Waals surface area contributed by atoms with Crippen molar-refractivity contribution in [1.29, 1.82) is 0 Å². The van der Waals surface area contributed by atoms with Crippen LogP contribution in [0.4, 0.5) is 5.95 Å². The minimum atomic E-state index is -1.33. The van der Waals surface area contributed by atoms with Crippen LogP contribution in [0.15, 0.2) is 52.1 Å². The number of nitrogens with zero attached hydrogens (tertiary/aromatic N) is 5. The lowest BCUT2D eigenvalue weighted by Gasteiger charge is -2.32. The molecule has 0 spiro atoms. The van der Waals surface area contributed by atoms with Gasteiger partial charge >= 0.3 is 17.6 Å². The normalized spacial score (nSPS) is 15.5. The number of hydrogen-bond acceptors (Lipinski definition) is 7. The van der Waals surface area contributed by atoms with E-state index in [4.69, 9.17) is 22.3 Å². The van der Waals surface area contributed by atoms with Gasteiger partial charge in [-0.3, -0.25) is 18.5 Å². The lowest BCUT2D eigenvalue weighted by molar-refractivity contribution is 0.0696. The molecule has 1 aliphatic heterocycles. The number of aromatic nitrogens is 4. The summed E-state index contributed by atoms with van der Waals surface area (Å²) in [6.45, 7) is 1.04. The number of carboxylic acid groups (broad SMARTS) is 2. The van der Waals surface area contributed by atoms with Gasteiger partial charge in [0.05, 0.1) is 24.2 Å². The van der Waals surface area contributed by atoms with Crippen molar-refractivity contribution in [2.75, 3.05) is 18.0 Å². The summed E-state index contributed by atoms with van der Waals surface area (Å²) in [5.74, 6) is -2.18. The third kappa shape index (κ3) is 4.98. The van der Waals surface area contributed by atoms with Crippen LogP contribution in [-0.4, -0.2) is 60.0 Å². The SMILES string of the molecule is Cn1c(=O)n(Cc2cc(C(=O)O)cc(C(=O)O)c2)c(=O)c2c1nc(N1CCC[C@@H](N)C1)n2Cc1ccccc1Cl. The van der Waals surface area contributed by atoms with E-state index in [1.54, 1.807) is 16.7 Å². The first kappa shape index (κ1) is 27.2. The molecule has 4 N–H and O–H groups in total. The van der Waals surface area contributed by atoms with Gasteiger partial charge in [0.1, 0.15) is 0 Å². The van der Waals surface area contributed by atoms with Crippen LogP contribution in [-0.2, 0) is 20.1 Å². The smallest absolute Gasteiger partial charge is 0.335 e. The molecule has 1 aliphatic rings. The van der Waals surface area contributed by atoms with Gasteiger partial charge in [-0.05, 0) is 48.2 Å². The number of carboxylic acids is 2. The number of carbonyl (C=O) groups is 2. The highest BCUT2D eigenvalue weighted by Gasteiger charge is 2.27. The van der Waals surface area contributed by atoms with E-state index in [0.29, 0.717) is 24.1 Å². The molecule has 0 amide bonds. The molecule has 1 fully saturated rings. The fraction of sp³-hybridized carbons (Fsp3) is 0.296. The van der Waals surface area contributed by atoms with E-state index in [9.17, 15) is 29.4 Å². The molecule has 1 saturated heterocycles. The van der Waals surface area contributed by atoms with Crippen LogP contribution < -0.4 is 21.9 Å². The molecule has 40 heavy (non-hydrogen) atoms. The largest absolute Gasteiger partial charge is 0.478 e. The molecule has 0 unspecified atom stereocenters. The second-order valence-electron chi connectivity index (χ2n) is 9.87. The Kier molecular flexibility index (Phi) is 7.21. The zero-order chi connectivity index (χ0) is 28.7. The summed E-state index contributed by atoms with van der Waals surface area (Å²) in [6.07, 6.45) is 1.70. The molecule has 2 aromatic heterocycles. The summed E-state index contributed by atoms with van der Waals surface area (Å²) < 4.78 is 3.93. The van der Waals surface area contributed by atoms with Crippen LogP contribution in [0.2, 0.25) is 5.02 Å². The van der Waals surface area contributed by atoms with E-state index in [-0.39, 0.29) is 47.0 Å². The third-order valence-corrected chi connectivity index (χ3v) is 7.44. The molecule has 0 bridgehead atoms. The third-order valence-electron chi connectivity index (χ3n) is 7.07. The summed E-state index contributed by atoms with van der Waals surface area (Å²) in [5, 5.41) is 19.4. The van der Waals surface area contributed by atoms with E-state index in [0.717, 1.165) is 29.0 Å². The van der Waals surface area contributed by atoms with Crippen molar-refractivity contribution in [3.8, 4) is 0 Å². The van der Waals surface area contributed by atoms with E-state index >= 15 is 0 Å². The summed E-state index contributed by atoms with van der Waals surface area (Å²) in [5.41, 5.74) is 5.62. The highest BCUT2D eigenvalue weighted by Crippen LogP contribution is 2.26. The van der Waals surface area contributed by atoms with E-state index in [1.807, 2.05) is 17.0 Å². The van der Waals surface area contributed by atoms with Gasteiger partial charge in [-0.1, -0.05) is 29.8 Å². The van der Waals surface area contributed by atoms with Crippen molar-refractivity contribution < 1.29 is 19.8 Å². The molecule has 5 rings (SSSR count). The Bertz CT molecular complexity index is 1740. The molecule has 0 radical (unpaired) electrons. The van der Waals surface area contributed by atoms with Crippen LogP contribution >= 0.6 is 11.6 Å². The first-order chi connectivity index (χ1) is 19.0. The number of fused-ring (bicyclic) bond motifs is 1. The quantitative estimate of drug-likeness (QED) is 0.303. The van der Waals surface area contributed by atoms with Crippen molar-refractivity contribution in [3.63, 3.8) is 0 Å². The number of imidazole rings is 1. The molecule has 0 saturated carbocycles. The number of aryl methyl sites for hydroxylation is 1. The maximum absolute atomic E-state index is 14.0. The number of benzene rings is 2. The van der Waals surface area contributed by atoms with Crippen LogP contribution in [0.1, 0.15) is 44.7 Å². The first-order valence-corrected chi connectivity index (χ1v) is 13.0. The Labute approximate surface area is 232 Å². The summed E-state index contributed by atoms with van der Waals surface area (Å²) >= 11 is 6.47. The molecule has 3 heterocycles. The molecular weight excluding hydrogens is 540 g/mol.